The number of nitrogens with one attached hydrogen (secondary N) is 1. The Balaban J connectivity index is 1.77. The number of benzene rings is 1. The van der Waals surface area contributed by atoms with Crippen molar-refractivity contribution in [2.45, 2.75) is 18.8 Å². The van der Waals surface area contributed by atoms with E-state index in [9.17, 15) is 15.0 Å². The van der Waals surface area contributed by atoms with Crippen LogP contribution in [0.2, 0.25) is 5.15 Å². The molecule has 0 saturated heterocycles. The molecule has 2 aromatic rings. The van der Waals surface area contributed by atoms with Gasteiger partial charge in [0.05, 0.1) is 5.69 Å². The summed E-state index contributed by atoms with van der Waals surface area (Å²) >= 11 is 5.73. The lowest BCUT2D eigenvalue weighted by molar-refractivity contribution is 0.0159. The van der Waals surface area contributed by atoms with Crippen LogP contribution in [0.3, 0.4) is 0 Å². The van der Waals surface area contributed by atoms with Crippen molar-refractivity contribution in [3.05, 3.63) is 64.9 Å². The lowest BCUT2D eigenvalue weighted by atomic mass is 10.1. The molecule has 23 heavy (non-hydrogen) atoms. The minimum atomic E-state index is -1.26. The van der Waals surface area contributed by atoms with Crippen LogP contribution in [0.4, 0.5) is 4.79 Å². The standard InChI is InChI=1S/C16H17ClN2O4/c17-14-8-4-7-12(19-14)15(21)13(20)9-18-16(22)23-10-11-5-2-1-3-6-11/h1-8,13,15,20-21H,9-10H2,(H,18,22). The largest absolute Gasteiger partial charge is 0.445 e. The molecule has 2 atom stereocenters. The molecule has 0 spiro atoms. The van der Waals surface area contributed by atoms with Gasteiger partial charge in [-0.15, -0.1) is 0 Å². The highest BCUT2D eigenvalue weighted by Gasteiger charge is 2.20. The third kappa shape index (κ3) is 5.52. The third-order valence-electron chi connectivity index (χ3n) is 3.07. The monoisotopic (exact) mass is 336 g/mol. The molecule has 3 N–H and O–H groups in total. The van der Waals surface area contributed by atoms with Gasteiger partial charge in [-0.2, -0.15) is 0 Å². The van der Waals surface area contributed by atoms with Crippen molar-refractivity contribution in [3.63, 3.8) is 0 Å². The zero-order valence-corrected chi connectivity index (χ0v) is 13.0. The van der Waals surface area contributed by atoms with E-state index in [1.54, 1.807) is 12.1 Å². The molecule has 0 aliphatic carbocycles. The van der Waals surface area contributed by atoms with Crippen LogP contribution >= 0.6 is 11.6 Å². The van der Waals surface area contributed by atoms with Gasteiger partial charge in [0.2, 0.25) is 0 Å². The molecule has 122 valence electrons. The maximum Gasteiger partial charge on any atom is 0.407 e. The fourth-order valence-electron chi connectivity index (χ4n) is 1.86. The maximum absolute atomic E-state index is 11.6. The number of alkyl carbamates (subject to hydrolysis) is 1. The summed E-state index contributed by atoms with van der Waals surface area (Å²) in [7, 11) is 0. The Hall–Kier alpha value is -2.15. The second kappa shape index (κ2) is 8.47. The van der Waals surface area contributed by atoms with Gasteiger partial charge in [0.15, 0.2) is 0 Å². The zero-order valence-electron chi connectivity index (χ0n) is 12.2. The zero-order chi connectivity index (χ0) is 16.7. The van der Waals surface area contributed by atoms with Crippen molar-refractivity contribution in [2.75, 3.05) is 6.54 Å². The second-order valence-corrected chi connectivity index (χ2v) is 5.23. The van der Waals surface area contributed by atoms with Gasteiger partial charge in [0.25, 0.3) is 0 Å². The summed E-state index contributed by atoms with van der Waals surface area (Å²) in [4.78, 5) is 15.5. The minimum absolute atomic E-state index is 0.126. The lowest BCUT2D eigenvalue weighted by Crippen LogP contribution is -2.36. The predicted octanol–water partition coefficient (Wildman–Crippen LogP) is 2.06. The van der Waals surface area contributed by atoms with Crippen molar-refractivity contribution in [1.82, 2.24) is 10.3 Å². The Bertz CT molecular complexity index is 639. The number of nitrogens with zero attached hydrogens (tertiary/aromatic N) is 1. The van der Waals surface area contributed by atoms with Crippen LogP contribution in [0.25, 0.3) is 0 Å². The molecule has 0 radical (unpaired) electrons. The van der Waals surface area contributed by atoms with Crippen molar-refractivity contribution in [1.29, 1.82) is 0 Å². The van der Waals surface area contributed by atoms with Crippen LogP contribution < -0.4 is 5.32 Å². The maximum atomic E-state index is 11.6. The Morgan fingerprint density at radius 3 is 2.61 bits per heavy atom. The number of rotatable bonds is 6. The van der Waals surface area contributed by atoms with Crippen LogP contribution in [0.1, 0.15) is 17.4 Å². The molecular weight excluding hydrogens is 320 g/mol. The number of aliphatic hydroxyl groups is 2. The van der Waals surface area contributed by atoms with E-state index < -0.39 is 18.3 Å². The number of hydrogen-bond acceptors (Lipinski definition) is 5. The Morgan fingerprint density at radius 2 is 1.91 bits per heavy atom. The van der Waals surface area contributed by atoms with Crippen LogP contribution in [0, 0.1) is 0 Å². The summed E-state index contributed by atoms with van der Waals surface area (Å²) in [6.07, 6.45) is -3.17. The van der Waals surface area contributed by atoms with Crippen molar-refractivity contribution < 1.29 is 19.7 Å². The number of aromatic nitrogens is 1. The second-order valence-electron chi connectivity index (χ2n) is 4.84. The van der Waals surface area contributed by atoms with Crippen molar-refractivity contribution in [3.8, 4) is 0 Å². The van der Waals surface area contributed by atoms with Crippen LogP contribution in [0.15, 0.2) is 48.5 Å². The molecule has 1 amide bonds. The minimum Gasteiger partial charge on any atom is -0.445 e. The molecule has 0 aliphatic heterocycles. The highest BCUT2D eigenvalue weighted by Crippen LogP contribution is 2.16. The summed E-state index contributed by atoms with van der Waals surface area (Å²) in [6.45, 7) is -0.0514. The van der Waals surface area contributed by atoms with Gasteiger partial charge < -0.3 is 20.3 Å². The van der Waals surface area contributed by atoms with Crippen molar-refractivity contribution in [2.24, 2.45) is 0 Å². The topological polar surface area (TPSA) is 91.7 Å². The van der Waals surface area contributed by atoms with Gasteiger partial charge in [-0.3, -0.25) is 0 Å². The Labute approximate surface area is 138 Å². The number of halogens is 1. The highest BCUT2D eigenvalue weighted by molar-refractivity contribution is 6.29. The normalized spacial score (nSPS) is 13.2. The molecule has 7 heteroatoms. The van der Waals surface area contributed by atoms with Gasteiger partial charge >= 0.3 is 6.09 Å². The van der Waals surface area contributed by atoms with Gasteiger partial charge in [-0.25, -0.2) is 9.78 Å². The van der Waals surface area contributed by atoms with Crippen LogP contribution in [0.5, 0.6) is 0 Å². The Kier molecular flexibility index (Phi) is 6.34. The average molecular weight is 337 g/mol. The molecule has 1 heterocycles. The fourth-order valence-corrected chi connectivity index (χ4v) is 2.03. The van der Waals surface area contributed by atoms with E-state index >= 15 is 0 Å². The summed E-state index contributed by atoms with van der Waals surface area (Å²) in [5.74, 6) is 0. The SMILES string of the molecule is O=C(NCC(O)C(O)c1cccc(Cl)n1)OCc1ccccc1. The molecule has 2 unspecified atom stereocenters. The quantitative estimate of drug-likeness (QED) is 0.702. The summed E-state index contributed by atoms with van der Waals surface area (Å²) in [6, 6.07) is 13.9. The van der Waals surface area contributed by atoms with E-state index in [-0.39, 0.29) is 24.0 Å². The smallest absolute Gasteiger partial charge is 0.407 e. The molecule has 0 bridgehead atoms. The summed E-state index contributed by atoms with van der Waals surface area (Å²) < 4.78 is 5.00. The van der Waals surface area contributed by atoms with Crippen LogP contribution in [-0.2, 0) is 11.3 Å². The molecule has 1 aromatic carbocycles. The Morgan fingerprint density at radius 1 is 1.17 bits per heavy atom. The molecule has 0 aliphatic rings. The van der Waals surface area contributed by atoms with Gasteiger partial charge in [-0.1, -0.05) is 48.0 Å². The number of carbonyl (C=O) groups is 1. The molecule has 0 saturated carbocycles. The van der Waals surface area contributed by atoms with Gasteiger partial charge in [0, 0.05) is 6.54 Å². The molecule has 1 aromatic heterocycles. The number of pyridine rings is 1. The third-order valence-corrected chi connectivity index (χ3v) is 3.28. The molecule has 6 nitrogen and oxygen atoms in total. The first-order valence-electron chi connectivity index (χ1n) is 6.99. The number of ether oxygens (including phenoxy) is 1. The number of carbonyl (C=O) groups excluding carboxylic acids is 1. The summed E-state index contributed by atoms with van der Waals surface area (Å²) in [5, 5.41) is 22.5. The first-order valence-corrected chi connectivity index (χ1v) is 7.37. The van der Waals surface area contributed by atoms with E-state index in [1.165, 1.54) is 6.07 Å². The summed E-state index contributed by atoms with van der Waals surface area (Å²) in [5.41, 5.74) is 1.08. The molecule has 2 rings (SSSR count). The van der Waals surface area contributed by atoms with Gasteiger partial charge in [-0.05, 0) is 17.7 Å². The highest BCUT2D eigenvalue weighted by atomic mass is 35.5. The predicted molar refractivity (Wildman–Crippen MR) is 84.8 cm³/mol. The average Bonchev–Trinajstić information content (AvgIpc) is 2.58. The van der Waals surface area contributed by atoms with E-state index in [1.807, 2.05) is 30.3 Å². The van der Waals surface area contributed by atoms with E-state index in [0.717, 1.165) is 5.56 Å². The number of hydrogen-bond donors (Lipinski definition) is 3. The first-order chi connectivity index (χ1) is 11.1. The van der Waals surface area contributed by atoms with Crippen LogP contribution in [-0.4, -0.2) is 33.9 Å². The lowest BCUT2D eigenvalue weighted by Gasteiger charge is -2.18. The first kappa shape index (κ1) is 17.2. The van der Waals surface area contributed by atoms with E-state index in [4.69, 9.17) is 16.3 Å². The fraction of sp³-hybridized carbons (Fsp3) is 0.250. The molecular formula is C16H17ClN2O4. The molecule has 0 fully saturated rings. The van der Waals surface area contributed by atoms with Gasteiger partial charge in [0.1, 0.15) is 24.0 Å². The van der Waals surface area contributed by atoms with E-state index in [0.29, 0.717) is 0 Å². The van der Waals surface area contributed by atoms with E-state index in [2.05, 4.69) is 10.3 Å². The number of amides is 1. The number of aliphatic hydroxyl groups excluding tert-OH is 2. The van der Waals surface area contributed by atoms with Crippen molar-refractivity contribution >= 4 is 17.7 Å².